The molecule has 5 heterocycles. The first-order chi connectivity index (χ1) is 17.1. The van der Waals surface area contributed by atoms with E-state index in [0.29, 0.717) is 45.2 Å². The number of hydrogen-bond acceptors (Lipinski definition) is 6. The monoisotopic (exact) mass is 464 g/mol. The summed E-state index contributed by atoms with van der Waals surface area (Å²) in [6.07, 6.45) is 6.87. The lowest BCUT2D eigenvalue weighted by molar-refractivity contribution is 0.631. The first kappa shape index (κ1) is 20.9. The average Bonchev–Trinajstić information content (AvgIpc) is 3.47. The number of hydrogen-bond donors (Lipinski definition) is 3. The Kier molecular flexibility index (Phi) is 4.95. The lowest BCUT2D eigenvalue weighted by Crippen LogP contribution is -2.09. The molecule has 0 amide bonds. The van der Waals surface area contributed by atoms with Gasteiger partial charge in [-0.3, -0.25) is 15.1 Å². The van der Waals surface area contributed by atoms with Crippen molar-refractivity contribution in [3.63, 3.8) is 0 Å². The van der Waals surface area contributed by atoms with Crippen LogP contribution in [0.1, 0.15) is 13.8 Å². The average molecular weight is 465 g/mol. The Labute approximate surface area is 199 Å². The molecule has 5 aromatic heterocycles. The van der Waals surface area contributed by atoms with Crippen molar-refractivity contribution in [1.82, 2.24) is 35.1 Å². The van der Waals surface area contributed by atoms with Gasteiger partial charge in [0.15, 0.2) is 11.5 Å². The Bertz CT molecular complexity index is 1680. The highest BCUT2D eigenvalue weighted by molar-refractivity contribution is 5.95. The van der Waals surface area contributed by atoms with Gasteiger partial charge in [-0.05, 0) is 38.1 Å². The standard InChI is InChI=1S/C26H21FN8/c1-14(2)30-16-9-15(10-28-11-16)20-7-8-21-24(31-20)25(35-34-21)26-32-22-13-29-12-18(23(22)33-26)17-5-3-4-6-19(17)27/h3-14,30H,1-2H3,(H,32,33)(H,34,35). The molecule has 0 spiro atoms. The van der Waals surface area contributed by atoms with Gasteiger partial charge >= 0.3 is 0 Å². The molecule has 3 N–H and O–H groups in total. The van der Waals surface area contributed by atoms with E-state index in [1.807, 2.05) is 18.2 Å². The zero-order valence-electron chi connectivity index (χ0n) is 19.0. The predicted molar refractivity (Wildman–Crippen MR) is 134 cm³/mol. The second-order valence-corrected chi connectivity index (χ2v) is 8.57. The van der Waals surface area contributed by atoms with Gasteiger partial charge in [-0.1, -0.05) is 18.2 Å². The molecule has 9 heteroatoms. The van der Waals surface area contributed by atoms with Crippen LogP contribution in [-0.2, 0) is 0 Å². The maximum Gasteiger partial charge on any atom is 0.161 e. The summed E-state index contributed by atoms with van der Waals surface area (Å²) in [6.45, 7) is 4.16. The van der Waals surface area contributed by atoms with E-state index in [-0.39, 0.29) is 5.82 Å². The molecular formula is C26H21FN8. The van der Waals surface area contributed by atoms with Crippen molar-refractivity contribution in [2.24, 2.45) is 0 Å². The third-order valence-electron chi connectivity index (χ3n) is 5.68. The van der Waals surface area contributed by atoms with Gasteiger partial charge in [-0.15, -0.1) is 0 Å². The van der Waals surface area contributed by atoms with E-state index in [4.69, 9.17) is 9.97 Å². The van der Waals surface area contributed by atoms with Crippen LogP contribution >= 0.6 is 0 Å². The summed E-state index contributed by atoms with van der Waals surface area (Å²) in [5.74, 6) is 0.195. The van der Waals surface area contributed by atoms with Gasteiger partial charge in [0.2, 0.25) is 0 Å². The Hall–Kier alpha value is -4.66. The quantitative estimate of drug-likeness (QED) is 0.307. The van der Waals surface area contributed by atoms with Crippen molar-refractivity contribution in [1.29, 1.82) is 0 Å². The van der Waals surface area contributed by atoms with E-state index in [9.17, 15) is 4.39 Å². The number of imidazole rings is 1. The van der Waals surface area contributed by atoms with E-state index in [1.165, 1.54) is 6.07 Å². The van der Waals surface area contributed by atoms with Crippen LogP contribution < -0.4 is 5.32 Å². The van der Waals surface area contributed by atoms with Crippen LogP contribution in [0, 0.1) is 5.82 Å². The Morgan fingerprint density at radius 2 is 1.71 bits per heavy atom. The van der Waals surface area contributed by atoms with E-state index in [1.54, 1.807) is 43.0 Å². The van der Waals surface area contributed by atoms with Crippen LogP contribution in [0.5, 0.6) is 0 Å². The molecule has 0 unspecified atom stereocenters. The molecule has 6 rings (SSSR count). The lowest BCUT2D eigenvalue weighted by atomic mass is 10.1. The number of fused-ring (bicyclic) bond motifs is 2. The molecule has 0 saturated heterocycles. The van der Waals surface area contributed by atoms with Crippen LogP contribution in [0.25, 0.3) is 56.0 Å². The van der Waals surface area contributed by atoms with Crippen molar-refractivity contribution < 1.29 is 4.39 Å². The smallest absolute Gasteiger partial charge is 0.161 e. The molecule has 0 bridgehead atoms. The molecule has 0 aliphatic rings. The van der Waals surface area contributed by atoms with Crippen molar-refractivity contribution in [2.75, 3.05) is 5.32 Å². The number of rotatable bonds is 5. The van der Waals surface area contributed by atoms with E-state index >= 15 is 0 Å². The van der Waals surface area contributed by atoms with Crippen molar-refractivity contribution in [2.45, 2.75) is 19.9 Å². The summed E-state index contributed by atoms with van der Waals surface area (Å²) in [4.78, 5) is 21.5. The zero-order valence-corrected chi connectivity index (χ0v) is 19.0. The summed E-state index contributed by atoms with van der Waals surface area (Å²) in [6, 6.07) is 12.8. The molecular weight excluding hydrogens is 443 g/mol. The molecule has 0 aliphatic carbocycles. The third-order valence-corrected chi connectivity index (χ3v) is 5.68. The summed E-state index contributed by atoms with van der Waals surface area (Å²) < 4.78 is 14.5. The Morgan fingerprint density at radius 3 is 2.57 bits per heavy atom. The topological polar surface area (TPSA) is 108 Å². The molecule has 6 aromatic rings. The van der Waals surface area contributed by atoms with Gasteiger partial charge in [0, 0.05) is 41.3 Å². The van der Waals surface area contributed by atoms with Gasteiger partial charge in [0.1, 0.15) is 16.9 Å². The first-order valence-electron chi connectivity index (χ1n) is 11.2. The number of aromatic nitrogens is 7. The predicted octanol–water partition coefficient (Wildman–Crippen LogP) is 5.58. The highest BCUT2D eigenvalue weighted by atomic mass is 19.1. The Morgan fingerprint density at radius 1 is 0.857 bits per heavy atom. The van der Waals surface area contributed by atoms with Gasteiger partial charge in [0.25, 0.3) is 0 Å². The molecule has 0 fully saturated rings. The Balaban J connectivity index is 1.46. The minimum atomic E-state index is -0.328. The second kappa shape index (κ2) is 8.28. The van der Waals surface area contributed by atoms with Crippen molar-refractivity contribution in [3.05, 3.63) is 73.1 Å². The summed E-state index contributed by atoms with van der Waals surface area (Å²) in [5.41, 5.74) is 6.96. The fourth-order valence-corrected chi connectivity index (χ4v) is 4.14. The fraction of sp³-hybridized carbons (Fsp3) is 0.115. The molecule has 0 aliphatic heterocycles. The number of aromatic amines is 2. The van der Waals surface area contributed by atoms with Gasteiger partial charge < -0.3 is 10.3 Å². The van der Waals surface area contributed by atoms with E-state index in [0.717, 1.165) is 22.5 Å². The van der Waals surface area contributed by atoms with E-state index < -0.39 is 0 Å². The van der Waals surface area contributed by atoms with Gasteiger partial charge in [-0.25, -0.2) is 14.4 Å². The van der Waals surface area contributed by atoms with Crippen LogP contribution in [0.3, 0.4) is 0 Å². The zero-order chi connectivity index (χ0) is 23.9. The number of pyridine rings is 3. The van der Waals surface area contributed by atoms with Crippen molar-refractivity contribution in [3.8, 4) is 33.9 Å². The van der Waals surface area contributed by atoms with Crippen LogP contribution in [0.4, 0.5) is 10.1 Å². The summed E-state index contributed by atoms with van der Waals surface area (Å²) in [5, 5.41) is 10.9. The molecule has 35 heavy (non-hydrogen) atoms. The summed E-state index contributed by atoms with van der Waals surface area (Å²) >= 11 is 0. The molecule has 0 atom stereocenters. The molecule has 8 nitrogen and oxygen atoms in total. The van der Waals surface area contributed by atoms with Gasteiger partial charge in [-0.2, -0.15) is 5.10 Å². The lowest BCUT2D eigenvalue weighted by Gasteiger charge is -2.10. The number of benzene rings is 1. The number of nitrogens with one attached hydrogen (secondary N) is 3. The fourth-order valence-electron chi connectivity index (χ4n) is 4.14. The van der Waals surface area contributed by atoms with Crippen LogP contribution in [0.2, 0.25) is 0 Å². The largest absolute Gasteiger partial charge is 0.382 e. The minimum absolute atomic E-state index is 0.291. The normalized spacial score (nSPS) is 11.5. The van der Waals surface area contributed by atoms with Gasteiger partial charge in [0.05, 0.1) is 28.6 Å². The number of halogens is 1. The first-order valence-corrected chi connectivity index (χ1v) is 11.2. The van der Waals surface area contributed by atoms with Crippen molar-refractivity contribution >= 4 is 27.8 Å². The number of nitrogens with zero attached hydrogens (tertiary/aromatic N) is 5. The molecule has 0 saturated carbocycles. The molecule has 1 aromatic carbocycles. The summed E-state index contributed by atoms with van der Waals surface area (Å²) in [7, 11) is 0. The minimum Gasteiger partial charge on any atom is -0.382 e. The van der Waals surface area contributed by atoms with Crippen LogP contribution in [-0.4, -0.2) is 41.2 Å². The third kappa shape index (κ3) is 3.76. The number of anilines is 1. The maximum absolute atomic E-state index is 14.5. The SMILES string of the molecule is CC(C)Nc1cncc(-c2ccc3[nH]nc(-c4nc5c(-c6ccccc6F)cncc5[nH]4)c3n2)c1. The van der Waals surface area contributed by atoms with E-state index in [2.05, 4.69) is 44.3 Å². The number of H-pyrrole nitrogens is 2. The highest BCUT2D eigenvalue weighted by Gasteiger charge is 2.18. The second-order valence-electron chi connectivity index (χ2n) is 8.57. The molecule has 172 valence electrons. The highest BCUT2D eigenvalue weighted by Crippen LogP contribution is 2.32. The maximum atomic E-state index is 14.5. The van der Waals surface area contributed by atoms with Crippen LogP contribution in [0.15, 0.2) is 67.3 Å². The molecule has 0 radical (unpaired) electrons.